The summed E-state index contributed by atoms with van der Waals surface area (Å²) < 4.78 is 16.0. The first-order valence-electron chi connectivity index (χ1n) is 16.3. The lowest BCUT2D eigenvalue weighted by molar-refractivity contribution is -0.140. The molecular formula is C37H33Cl2N3O9. The molecule has 0 radical (unpaired) electrons. The summed E-state index contributed by atoms with van der Waals surface area (Å²) in [6.07, 6.45) is 0.871. The Morgan fingerprint density at radius 1 is 0.961 bits per heavy atom. The van der Waals surface area contributed by atoms with E-state index in [0.717, 1.165) is 12.1 Å². The predicted molar refractivity (Wildman–Crippen MR) is 184 cm³/mol. The third kappa shape index (κ3) is 5.14. The van der Waals surface area contributed by atoms with Gasteiger partial charge in [0.1, 0.15) is 5.75 Å². The Morgan fingerprint density at radius 3 is 2.37 bits per heavy atom. The number of ether oxygens (including phenoxy) is 3. The van der Waals surface area contributed by atoms with Crippen molar-refractivity contribution in [3.05, 3.63) is 93.5 Å². The highest BCUT2D eigenvalue weighted by Gasteiger charge is 2.70. The van der Waals surface area contributed by atoms with E-state index >= 15 is 4.79 Å². The second-order valence-electron chi connectivity index (χ2n) is 12.9. The first kappa shape index (κ1) is 34.4. The Labute approximate surface area is 302 Å². The Balaban J connectivity index is 1.47. The van der Waals surface area contributed by atoms with Gasteiger partial charge in [-0.15, -0.1) is 0 Å². The molecule has 2 heterocycles. The van der Waals surface area contributed by atoms with Crippen LogP contribution in [0.2, 0.25) is 10.0 Å². The number of nitrogens with one attached hydrogen (secondary N) is 1. The molecule has 4 aliphatic rings. The molecule has 3 aromatic rings. The quantitative estimate of drug-likeness (QED) is 0.223. The molecule has 5 amide bonds. The third-order valence-corrected chi connectivity index (χ3v) is 11.1. The molecule has 1 saturated carbocycles. The van der Waals surface area contributed by atoms with Gasteiger partial charge in [0.15, 0.2) is 11.5 Å². The number of hydrogen-bond acceptors (Lipinski definition) is 10. The van der Waals surface area contributed by atoms with Crippen molar-refractivity contribution in [2.75, 3.05) is 26.3 Å². The van der Waals surface area contributed by atoms with Crippen molar-refractivity contribution < 1.29 is 43.3 Å². The molecule has 2 saturated heterocycles. The number of fused-ring (bicyclic) bond motifs is 4. The van der Waals surface area contributed by atoms with E-state index in [1.165, 1.54) is 19.2 Å². The lowest BCUT2D eigenvalue weighted by Crippen LogP contribution is -2.53. The molecule has 0 aromatic heterocycles. The van der Waals surface area contributed by atoms with Gasteiger partial charge in [0.05, 0.1) is 54.7 Å². The first-order valence-corrected chi connectivity index (χ1v) is 17.1. The van der Waals surface area contributed by atoms with Crippen LogP contribution in [-0.2, 0) is 29.3 Å². The number of hydrogen-bond donors (Lipinski definition) is 2. The minimum absolute atomic E-state index is 0.00291. The van der Waals surface area contributed by atoms with Crippen LogP contribution in [0.15, 0.2) is 72.3 Å². The molecule has 0 spiro atoms. The third-order valence-electron chi connectivity index (χ3n) is 10.6. The van der Waals surface area contributed by atoms with Crippen LogP contribution in [0.5, 0.6) is 17.2 Å². The molecule has 2 aliphatic carbocycles. The van der Waals surface area contributed by atoms with Gasteiger partial charge in [-0.1, -0.05) is 53.1 Å². The van der Waals surface area contributed by atoms with Crippen LogP contribution in [0.25, 0.3) is 0 Å². The van der Waals surface area contributed by atoms with Crippen LogP contribution in [0.3, 0.4) is 0 Å². The zero-order valence-electron chi connectivity index (χ0n) is 27.7. The van der Waals surface area contributed by atoms with E-state index in [9.17, 15) is 24.3 Å². The summed E-state index contributed by atoms with van der Waals surface area (Å²) in [5.41, 5.74) is 3.26. The monoisotopic (exact) mass is 733 g/mol. The summed E-state index contributed by atoms with van der Waals surface area (Å²) in [6, 6.07) is 16.2. The van der Waals surface area contributed by atoms with Gasteiger partial charge in [-0.05, 0) is 79.3 Å². The Hall–Kier alpha value is -5.07. The molecule has 3 aromatic carbocycles. The smallest absolute Gasteiger partial charge is 0.423 e. The SMILES string of the molecule is CCOc1cc([C@H]2C3=CC[C@@H]4C(=O)N(C(=O)OC)C(=O)[C@@H]4[C@@H]3C[C@H]3C(=O)N(Nc4ccc(Cl)cc4Cl)C(=O)[C@@]23c2ccc(OC)cc2)ccc1O. The summed E-state index contributed by atoms with van der Waals surface area (Å²) in [4.78, 5) is 70.8. The van der Waals surface area contributed by atoms with Gasteiger partial charge in [0.2, 0.25) is 11.8 Å². The summed E-state index contributed by atoms with van der Waals surface area (Å²) in [7, 11) is 2.61. The van der Waals surface area contributed by atoms with Crippen molar-refractivity contribution >= 4 is 58.6 Å². The van der Waals surface area contributed by atoms with E-state index in [4.69, 9.17) is 37.4 Å². The van der Waals surface area contributed by atoms with E-state index in [2.05, 4.69) is 5.43 Å². The van der Waals surface area contributed by atoms with Crippen LogP contribution in [0.1, 0.15) is 36.8 Å². The van der Waals surface area contributed by atoms with E-state index in [0.29, 0.717) is 32.4 Å². The summed E-state index contributed by atoms with van der Waals surface area (Å²) >= 11 is 12.6. The van der Waals surface area contributed by atoms with Crippen molar-refractivity contribution in [2.24, 2.45) is 23.7 Å². The molecule has 14 heteroatoms. The molecule has 3 fully saturated rings. The number of carbonyl (C=O) groups is 5. The maximum atomic E-state index is 15.3. The molecule has 2 N–H and O–H groups in total. The fraction of sp³-hybridized carbons (Fsp3) is 0.324. The molecule has 51 heavy (non-hydrogen) atoms. The standard InChI is InChI=1S/C37H33Cl2N3O9/c1-4-51-29-15-18(5-14-28(29)43)31-22-11-12-23-30(34(46)41(32(23)44)36(48)50-3)24(22)17-25-33(45)42(40-27-13-8-20(38)16-26(27)39)35(47)37(25,31)19-6-9-21(49-2)10-7-19/h5-11,13-16,23-25,30-31,40,43H,4,12,17H2,1-3H3/t23-,24+,25-,30-,31-,37+/m0/s1. The predicted octanol–water partition coefficient (Wildman–Crippen LogP) is 5.86. The molecular weight excluding hydrogens is 701 g/mol. The van der Waals surface area contributed by atoms with Crippen molar-refractivity contribution in [2.45, 2.75) is 31.1 Å². The first-order chi connectivity index (χ1) is 24.5. The maximum Gasteiger partial charge on any atom is 0.423 e. The number of phenols is 1. The number of imide groups is 4. The fourth-order valence-corrected chi connectivity index (χ4v) is 8.92. The maximum absolute atomic E-state index is 15.3. The number of phenolic OH excluding ortho intramolecular Hbond substituents is 1. The van der Waals surface area contributed by atoms with E-state index in [1.807, 2.05) is 6.08 Å². The second kappa shape index (κ2) is 12.9. The van der Waals surface area contributed by atoms with Crippen LogP contribution in [0.4, 0.5) is 10.5 Å². The van der Waals surface area contributed by atoms with Crippen molar-refractivity contribution in [1.29, 1.82) is 0 Å². The molecule has 6 atom stereocenters. The minimum atomic E-state index is -1.61. The van der Waals surface area contributed by atoms with Gasteiger partial charge in [-0.25, -0.2) is 4.79 Å². The number of benzene rings is 3. The van der Waals surface area contributed by atoms with Gasteiger partial charge in [-0.3, -0.25) is 24.6 Å². The van der Waals surface area contributed by atoms with E-state index in [-0.39, 0.29) is 41.7 Å². The van der Waals surface area contributed by atoms with Gasteiger partial charge in [-0.2, -0.15) is 9.91 Å². The Bertz CT molecular complexity index is 2020. The number of allylic oxidation sites excluding steroid dienone is 2. The zero-order chi connectivity index (χ0) is 36.4. The summed E-state index contributed by atoms with van der Waals surface area (Å²) in [5.74, 6) is -6.57. The number of amides is 5. The number of likely N-dealkylation sites (tertiary alicyclic amines) is 1. The van der Waals surface area contributed by atoms with Crippen LogP contribution >= 0.6 is 23.2 Å². The zero-order valence-corrected chi connectivity index (χ0v) is 29.2. The number of rotatable bonds is 7. The van der Waals surface area contributed by atoms with Crippen LogP contribution in [0, 0.1) is 23.7 Å². The largest absolute Gasteiger partial charge is 0.504 e. The van der Waals surface area contributed by atoms with Crippen molar-refractivity contribution in [3.63, 3.8) is 0 Å². The number of nitrogens with zero attached hydrogens (tertiary/aromatic N) is 2. The van der Waals surface area contributed by atoms with E-state index < -0.39 is 64.7 Å². The fourth-order valence-electron chi connectivity index (χ4n) is 8.47. The van der Waals surface area contributed by atoms with Crippen LogP contribution < -0.4 is 14.9 Å². The normalized spacial score (nSPS) is 26.7. The molecule has 0 unspecified atom stereocenters. The lowest BCUT2D eigenvalue weighted by Gasteiger charge is -2.50. The lowest BCUT2D eigenvalue weighted by atomic mass is 9.49. The number of aromatic hydroxyl groups is 1. The van der Waals surface area contributed by atoms with Gasteiger partial charge < -0.3 is 19.3 Å². The highest BCUT2D eigenvalue weighted by Crippen LogP contribution is 2.64. The number of halogens is 2. The number of methoxy groups -OCH3 is 2. The van der Waals surface area contributed by atoms with Crippen molar-refractivity contribution in [3.8, 4) is 17.2 Å². The second-order valence-corrected chi connectivity index (χ2v) is 13.7. The van der Waals surface area contributed by atoms with Crippen LogP contribution in [-0.4, -0.2) is 65.6 Å². The number of anilines is 1. The van der Waals surface area contributed by atoms with Gasteiger partial charge >= 0.3 is 6.09 Å². The molecule has 264 valence electrons. The van der Waals surface area contributed by atoms with Crippen molar-refractivity contribution in [1.82, 2.24) is 9.91 Å². The number of hydrazine groups is 1. The highest BCUT2D eigenvalue weighted by atomic mass is 35.5. The topological polar surface area (TPSA) is 152 Å². The highest BCUT2D eigenvalue weighted by molar-refractivity contribution is 6.36. The minimum Gasteiger partial charge on any atom is -0.504 e. The van der Waals surface area contributed by atoms with E-state index in [1.54, 1.807) is 55.5 Å². The molecule has 0 bridgehead atoms. The number of carbonyl (C=O) groups excluding carboxylic acids is 5. The van der Waals surface area contributed by atoms with Gasteiger partial charge in [0.25, 0.3) is 11.8 Å². The Morgan fingerprint density at radius 2 is 1.71 bits per heavy atom. The molecule has 2 aliphatic heterocycles. The summed E-state index contributed by atoms with van der Waals surface area (Å²) in [5, 5.41) is 12.2. The molecule has 12 nitrogen and oxygen atoms in total. The summed E-state index contributed by atoms with van der Waals surface area (Å²) in [6.45, 7) is 2.00. The van der Waals surface area contributed by atoms with Gasteiger partial charge in [0, 0.05) is 10.9 Å². The Kier molecular flexibility index (Phi) is 8.71. The average Bonchev–Trinajstić information content (AvgIpc) is 3.50. The molecule has 7 rings (SSSR count). The average molecular weight is 735 g/mol.